The molecule has 4 aromatic carbocycles. The Morgan fingerprint density at radius 3 is 0.589 bits per heavy atom. The van der Waals surface area contributed by atoms with Gasteiger partial charge in [0.05, 0.1) is 52.3 Å². The normalized spacial score (nSPS) is 8.43. The number of carboxylic acid groups (broad SMARTS) is 4. The quantitative estimate of drug-likeness (QED) is 0.146. The largest absolute Gasteiger partial charge is 2.00 e. The van der Waals surface area contributed by atoms with Crippen LogP contribution >= 0.6 is 0 Å². The predicted octanol–water partition coefficient (Wildman–Crippen LogP) is -0.361. The van der Waals surface area contributed by atoms with Crippen molar-refractivity contribution < 1.29 is 102 Å². The second-order valence-electron chi connectivity index (χ2n) is 10.2. The van der Waals surface area contributed by atoms with Crippen molar-refractivity contribution in [2.24, 2.45) is 0 Å². The number of carboxylic acids is 4. The third-order valence-corrected chi connectivity index (χ3v) is 5.72. The maximum atomic E-state index is 10.2. The average molecular weight is 878 g/mol. The molecule has 2 radical (unpaired) electrons. The third-order valence-electron chi connectivity index (χ3n) is 5.72. The molecule has 0 heterocycles. The van der Waals surface area contributed by atoms with Gasteiger partial charge in [-0.1, -0.05) is 0 Å². The second-order valence-corrected chi connectivity index (χ2v) is 10.2. The molecule has 0 aliphatic carbocycles. The summed E-state index contributed by atoms with van der Waals surface area (Å²) in [7, 11) is 12.8. The molecule has 0 saturated carbocycles. The van der Waals surface area contributed by atoms with Crippen molar-refractivity contribution in [2.45, 2.75) is 0 Å². The van der Waals surface area contributed by atoms with Crippen LogP contribution in [0.4, 0.5) is 0 Å². The van der Waals surface area contributed by atoms with E-state index in [9.17, 15) is 49.2 Å². The number of nitrogens with zero attached hydrogens (tertiary/aromatic N) is 2. The van der Waals surface area contributed by atoms with Gasteiger partial charge in [0, 0.05) is 28.2 Å². The van der Waals surface area contributed by atoms with Gasteiger partial charge in [-0.05, 0) is 119 Å². The molecule has 310 valence electrons. The van der Waals surface area contributed by atoms with Gasteiger partial charge >= 0.3 is 34.1 Å². The minimum Gasteiger partial charge on any atom is -0.545 e. The second kappa shape index (κ2) is 33.5. The van der Waals surface area contributed by atoms with Crippen LogP contribution in [0.25, 0.3) is 0 Å². The van der Waals surface area contributed by atoms with Crippen molar-refractivity contribution in [2.75, 3.05) is 56.6 Å². The van der Waals surface area contributed by atoms with Gasteiger partial charge < -0.3 is 68.4 Å². The van der Waals surface area contributed by atoms with Crippen LogP contribution in [0.1, 0.15) is 41.4 Å². The number of carbonyl (C=O) groups is 6. The van der Waals surface area contributed by atoms with Gasteiger partial charge in [0.2, 0.25) is 12.8 Å². The SMILES string of the molecule is CN(C)C=O.CN(C)C=O.COc1ccc(C(=O)[O-])cc1.COc1ccc(C(=O)[O-])cc1.COc1ccc(C(=O)[O-])cc1.COc1ccc(C(=O)[O-])cc1.[Cu+2].[Cu+2]. The number of amides is 2. The monoisotopic (exact) mass is 876 g/mol. The van der Waals surface area contributed by atoms with E-state index in [1.54, 1.807) is 76.7 Å². The van der Waals surface area contributed by atoms with Gasteiger partial charge in [-0.2, -0.15) is 0 Å². The zero-order valence-electron chi connectivity index (χ0n) is 31.6. The Bertz CT molecular complexity index is 1440. The number of hydrogen-bond acceptors (Lipinski definition) is 14. The van der Waals surface area contributed by atoms with Gasteiger partial charge in [-0.25, -0.2) is 0 Å². The molecule has 0 atom stereocenters. The summed E-state index contributed by atoms with van der Waals surface area (Å²) >= 11 is 0. The number of ether oxygens (including phenoxy) is 4. The van der Waals surface area contributed by atoms with E-state index < -0.39 is 23.9 Å². The smallest absolute Gasteiger partial charge is 0.545 e. The van der Waals surface area contributed by atoms with Crippen molar-refractivity contribution in [3.8, 4) is 23.0 Å². The van der Waals surface area contributed by atoms with Crippen LogP contribution in [0.2, 0.25) is 0 Å². The molecular formula is C38H42Cu2N2O14. The van der Waals surface area contributed by atoms with E-state index in [1.165, 1.54) is 86.8 Å². The summed E-state index contributed by atoms with van der Waals surface area (Å²) in [5.41, 5.74) is 0.633. The Kier molecular flexibility index (Phi) is 33.9. The summed E-state index contributed by atoms with van der Waals surface area (Å²) in [5, 5.41) is 41.0. The first-order valence-corrected chi connectivity index (χ1v) is 15.1. The van der Waals surface area contributed by atoms with Crippen LogP contribution in [0.3, 0.4) is 0 Å². The summed E-state index contributed by atoms with van der Waals surface area (Å²) < 4.78 is 19.3. The fourth-order valence-corrected chi connectivity index (χ4v) is 2.91. The van der Waals surface area contributed by atoms with Crippen molar-refractivity contribution in [3.05, 3.63) is 119 Å². The van der Waals surface area contributed by atoms with E-state index in [1.807, 2.05) is 0 Å². The molecule has 0 aliphatic heterocycles. The number of aromatic carboxylic acids is 4. The summed E-state index contributed by atoms with van der Waals surface area (Å²) in [6.07, 6.45) is 1.50. The molecule has 0 spiro atoms. The fraction of sp³-hybridized carbons (Fsp3) is 0.211. The molecule has 4 aromatic rings. The molecule has 2 amide bonds. The molecule has 16 nitrogen and oxygen atoms in total. The first-order chi connectivity index (χ1) is 25.5. The molecule has 0 aromatic heterocycles. The van der Waals surface area contributed by atoms with Crippen LogP contribution in [-0.4, -0.2) is 103 Å². The molecule has 0 aliphatic rings. The Morgan fingerprint density at radius 2 is 0.518 bits per heavy atom. The minimum atomic E-state index is -1.17. The van der Waals surface area contributed by atoms with Crippen LogP contribution < -0.4 is 39.4 Å². The molecular weight excluding hydrogens is 836 g/mol. The third kappa shape index (κ3) is 27.5. The maximum Gasteiger partial charge on any atom is 2.00 e. The molecule has 4 rings (SSSR count). The Labute approximate surface area is 346 Å². The van der Waals surface area contributed by atoms with E-state index in [-0.39, 0.29) is 56.4 Å². The Balaban J connectivity index is -0.000000295. The minimum absolute atomic E-state index is 0. The van der Waals surface area contributed by atoms with Crippen LogP contribution in [0.5, 0.6) is 23.0 Å². The van der Waals surface area contributed by atoms with Crippen molar-refractivity contribution >= 4 is 36.7 Å². The van der Waals surface area contributed by atoms with Crippen LogP contribution in [0.15, 0.2) is 97.1 Å². The van der Waals surface area contributed by atoms with Crippen molar-refractivity contribution in [1.29, 1.82) is 0 Å². The Morgan fingerprint density at radius 1 is 0.393 bits per heavy atom. The van der Waals surface area contributed by atoms with Gasteiger partial charge in [0.15, 0.2) is 0 Å². The molecule has 56 heavy (non-hydrogen) atoms. The number of benzene rings is 4. The predicted molar refractivity (Wildman–Crippen MR) is 189 cm³/mol. The zero-order chi connectivity index (χ0) is 41.6. The maximum absolute atomic E-state index is 10.2. The topological polar surface area (TPSA) is 238 Å². The number of hydrogen-bond donors (Lipinski definition) is 0. The van der Waals surface area contributed by atoms with Gasteiger partial charge in [-0.3, -0.25) is 9.59 Å². The van der Waals surface area contributed by atoms with Crippen LogP contribution in [-0.2, 0) is 43.7 Å². The van der Waals surface area contributed by atoms with Gasteiger partial charge in [0.1, 0.15) is 23.0 Å². The number of rotatable bonds is 10. The van der Waals surface area contributed by atoms with Gasteiger partial charge in [0.25, 0.3) is 0 Å². The van der Waals surface area contributed by atoms with Crippen molar-refractivity contribution in [1.82, 2.24) is 9.80 Å². The fourth-order valence-electron chi connectivity index (χ4n) is 2.91. The first kappa shape index (κ1) is 56.7. The molecule has 0 saturated heterocycles. The summed E-state index contributed by atoms with van der Waals surface area (Å²) in [6, 6.07) is 24.1. The van der Waals surface area contributed by atoms with Crippen LogP contribution in [0, 0.1) is 0 Å². The average Bonchev–Trinajstić information content (AvgIpc) is 3.19. The van der Waals surface area contributed by atoms with Gasteiger partial charge in [-0.15, -0.1) is 0 Å². The van der Waals surface area contributed by atoms with E-state index in [0.717, 1.165) is 12.8 Å². The zero-order valence-corrected chi connectivity index (χ0v) is 33.5. The van der Waals surface area contributed by atoms with E-state index >= 15 is 0 Å². The summed E-state index contributed by atoms with van der Waals surface area (Å²) in [5.74, 6) is -2.16. The van der Waals surface area contributed by atoms with Crippen molar-refractivity contribution in [3.63, 3.8) is 0 Å². The molecule has 0 fully saturated rings. The van der Waals surface area contributed by atoms with E-state index in [0.29, 0.717) is 23.0 Å². The first-order valence-electron chi connectivity index (χ1n) is 15.1. The summed E-state index contributed by atoms with van der Waals surface area (Å²) in [6.45, 7) is 0. The van der Waals surface area contributed by atoms with E-state index in [2.05, 4.69) is 0 Å². The Hall–Kier alpha value is -6.06. The standard InChI is InChI=1S/4C8H8O3.2C3H7NO.2Cu/c4*1-11-7-4-2-6(3-5-7)8(9)10;2*1-4(2)3-5;;/h4*2-5H,1H3,(H,9,10);2*3H,1-2H3;;/q;;;;;;2*+2/p-4. The van der Waals surface area contributed by atoms with E-state index in [4.69, 9.17) is 18.9 Å². The summed E-state index contributed by atoms with van der Waals surface area (Å²) in [4.78, 5) is 62.7. The number of carbonyl (C=O) groups excluding carboxylic acids is 6. The molecule has 0 bridgehead atoms. The molecule has 18 heteroatoms. The molecule has 0 unspecified atom stereocenters. The molecule has 0 N–H and O–H groups in total. The number of methoxy groups -OCH3 is 4.